The molecule has 0 saturated carbocycles. The maximum absolute atomic E-state index is 0. The van der Waals surface area contributed by atoms with Crippen LogP contribution in [0.2, 0.25) is 0 Å². The predicted octanol–water partition coefficient (Wildman–Crippen LogP) is 8.04. The molecule has 0 unspecified atom stereocenters. The molecule has 0 atom stereocenters. The van der Waals surface area contributed by atoms with Gasteiger partial charge in [0.2, 0.25) is 0 Å². The molecule has 182 valence electrons. The molecule has 0 aromatic rings. The monoisotopic (exact) mass is 1270 g/mol. The zero-order valence-corrected chi connectivity index (χ0v) is 30.9. The second kappa shape index (κ2) is 2190. The fourth-order valence-electron chi connectivity index (χ4n) is 0. The first kappa shape index (κ1) is 2450. The van der Waals surface area contributed by atoms with Crippen LogP contribution in [0.25, 0.3) is 36.9 Å². The summed E-state index contributed by atoms with van der Waals surface area (Å²) in [6.07, 6.45) is 0. The topological polar surface area (TPSA) is 264 Å². The van der Waals surface area contributed by atoms with Gasteiger partial charge in [-0.2, -0.15) is 0 Å². The molecule has 8 nitrogen and oxygen atoms in total. The first-order chi connectivity index (χ1) is 0. The molecule has 0 fully saturated rings. The number of hydrogen-bond acceptors (Lipinski definition) is 0. The van der Waals surface area contributed by atoms with Gasteiger partial charge in [-0.05, 0) is 0 Å². The third kappa shape index (κ3) is 2030. The maximum atomic E-state index is 0. The summed E-state index contributed by atoms with van der Waals surface area (Å²) < 4.78 is 0. The van der Waals surface area contributed by atoms with Gasteiger partial charge in [-0.25, -0.2) is 0 Å². The zero-order chi connectivity index (χ0) is 0. The summed E-state index contributed by atoms with van der Waals surface area (Å²) in [6.45, 7) is 0. The van der Waals surface area contributed by atoms with Crippen molar-refractivity contribution in [2.75, 3.05) is 0 Å². The fraction of sp³-hybridized carbons (Fsp3) is 0. The molecule has 0 bridgehead atoms. The van der Waals surface area contributed by atoms with Gasteiger partial charge in [-0.1, -0.05) is 0 Å². The smallest absolute Gasteiger partial charge is 0.693 e. The third-order valence-corrected chi connectivity index (χ3v) is 0. The molecule has 0 aliphatic carbocycles. The Balaban J connectivity index is 0. The Morgan fingerprint density at radius 3 is 0.200 bits per heavy atom. The van der Waals surface area contributed by atoms with E-state index in [2.05, 4.69) is 0 Å². The van der Waals surface area contributed by atoms with Crippen LogP contribution in [0.5, 0.6) is 0 Å². The minimum absolute atomic E-state index is 0. The molecular formula is C12H52N6O2Os5. The first-order valence-electron chi connectivity index (χ1n) is 0. The van der Waals surface area contributed by atoms with Crippen LogP contribution in [0.1, 0.15) is 0 Å². The van der Waals surface area contributed by atoms with Crippen LogP contribution in [-0.4, -0.2) is 11.0 Å². The number of nitrogens with two attached hydrogens (primary N) is 6. The van der Waals surface area contributed by atoms with E-state index in [4.69, 9.17) is 0 Å². The summed E-state index contributed by atoms with van der Waals surface area (Å²) in [5.74, 6) is 0. The van der Waals surface area contributed by atoms with Crippen molar-refractivity contribution in [3.63, 3.8) is 0 Å². The van der Waals surface area contributed by atoms with Gasteiger partial charge < -0.3 is 137 Å². The Labute approximate surface area is 233 Å². The normalized spacial score (nSPS) is 0. The van der Waals surface area contributed by atoms with Gasteiger partial charge in [-0.3, -0.25) is 0 Å². The Morgan fingerprint density at radius 1 is 0.200 bits per heavy atom. The second-order valence-corrected chi connectivity index (χ2v) is 0. The molecule has 0 aromatic carbocycles. The van der Waals surface area contributed by atoms with Gasteiger partial charge in [0.15, 0.2) is 0 Å². The van der Waals surface area contributed by atoms with Crippen LogP contribution < -0.4 is 0 Å². The molecule has 0 aliphatic heterocycles. The van der Waals surface area contributed by atoms with Gasteiger partial charge in [0.1, 0.15) is 0 Å². The van der Waals surface area contributed by atoms with Crippen LogP contribution >= 0.6 is 0 Å². The van der Waals surface area contributed by atoms with Crippen LogP contribution in [0, 0.1) is 89.1 Å². The third-order valence-electron chi connectivity index (χ3n) is 0. The van der Waals surface area contributed by atoms with Crippen molar-refractivity contribution in [2.45, 2.75) is 0 Å². The van der Waals surface area contributed by atoms with E-state index in [1.165, 1.54) is 0 Å². The molecule has 0 aromatic heterocycles. The Morgan fingerprint density at radius 2 is 0.200 bits per heavy atom. The van der Waals surface area contributed by atoms with Gasteiger partial charge in [0.25, 0.3) is 0 Å². The molecule has 0 radical (unpaired) electrons. The van der Waals surface area contributed by atoms with Gasteiger partial charge in [0.05, 0.1) is 0 Å². The summed E-state index contributed by atoms with van der Waals surface area (Å²) in [7, 11) is 0. The molecule has 13 heteroatoms. The van der Waals surface area contributed by atoms with E-state index >= 15 is 0 Å². The molecule has 0 amide bonds. The Hall–Kier alpha value is 2.86. The Kier molecular flexibility index (Phi) is 215000. The largest absolute Gasteiger partial charge is 4.00 e. The fourth-order valence-corrected chi connectivity index (χ4v) is 0. The van der Waals surface area contributed by atoms with Crippen LogP contribution in [0.4, 0.5) is 0 Å². The summed E-state index contributed by atoms with van der Waals surface area (Å²) in [5, 5.41) is 0. The van der Waals surface area contributed by atoms with E-state index in [0.717, 1.165) is 0 Å². The zero-order valence-electron chi connectivity index (χ0n) is 18.2. The number of hydrogen-bond donors (Lipinski definition) is 0. The molecule has 0 rings (SSSR count). The summed E-state index contributed by atoms with van der Waals surface area (Å²) >= 11 is 0. The SMILES string of the molecule is O.O.[CH3-].[CH3-].[CH3-].[CH3-].[CH3-].[CH3-].[CH3-].[CH3-].[CH3-].[CH3-].[CH3-].[CH3-].[NH2-].[NH2-].[NH2-].[NH2-].[NH2-].[NH2-].[Os+2].[Os+4].[Os+4].[Os+4].[Os+4]. The van der Waals surface area contributed by atoms with Crippen molar-refractivity contribution in [1.82, 2.24) is 0 Å². The van der Waals surface area contributed by atoms with Crippen LogP contribution in [0.3, 0.4) is 0 Å². The predicted molar refractivity (Wildman–Crippen MR) is 116 cm³/mol. The molecule has 0 saturated heterocycles. The van der Waals surface area contributed by atoms with E-state index < -0.39 is 0 Å². The van der Waals surface area contributed by atoms with Gasteiger partial charge >= 0.3 is 99.0 Å². The second-order valence-electron chi connectivity index (χ2n) is 0. The van der Waals surface area contributed by atoms with E-state index in [-0.39, 0.29) is 236 Å². The standard InChI is InChI=1S/12CH3.6H2N.2H2O.5Os/h12*1H3;8*1H2;;;;;/q18*-1;;;+2;4*+4. The van der Waals surface area contributed by atoms with Crippen molar-refractivity contribution in [3.05, 3.63) is 126 Å². The molecule has 16 N–H and O–H groups in total. The van der Waals surface area contributed by atoms with E-state index in [0.29, 0.717) is 0 Å². The average Bonchev–Trinajstić information content (AvgIpc) is 0. The van der Waals surface area contributed by atoms with Crippen molar-refractivity contribution in [1.29, 1.82) is 0 Å². The van der Waals surface area contributed by atoms with E-state index in [1.807, 2.05) is 0 Å². The molecule has 0 aliphatic rings. The van der Waals surface area contributed by atoms with Crippen LogP contribution in [0.15, 0.2) is 0 Å². The van der Waals surface area contributed by atoms with Crippen molar-refractivity contribution >= 4 is 0 Å². The minimum atomic E-state index is 0. The molecular weight excluding hydrogens is 1210 g/mol. The summed E-state index contributed by atoms with van der Waals surface area (Å²) in [5.41, 5.74) is 0. The molecule has 25 heavy (non-hydrogen) atoms. The number of rotatable bonds is 0. The van der Waals surface area contributed by atoms with Crippen molar-refractivity contribution in [2.24, 2.45) is 0 Å². The van der Waals surface area contributed by atoms with Gasteiger partial charge in [0, 0.05) is 0 Å². The average molecular weight is 1260 g/mol. The minimum Gasteiger partial charge on any atom is -0.693 e. The van der Waals surface area contributed by atoms with Gasteiger partial charge in [-0.15, -0.1) is 0 Å². The molecule has 0 spiro atoms. The van der Waals surface area contributed by atoms with E-state index in [1.54, 1.807) is 0 Å². The molecule has 0 heterocycles. The van der Waals surface area contributed by atoms with Crippen LogP contribution in [-0.2, 0) is 99.0 Å². The van der Waals surface area contributed by atoms with E-state index in [9.17, 15) is 0 Å². The first-order valence-corrected chi connectivity index (χ1v) is 0. The van der Waals surface area contributed by atoms with Crippen molar-refractivity contribution < 1.29 is 110 Å². The summed E-state index contributed by atoms with van der Waals surface area (Å²) in [6, 6.07) is 0. The Bertz CT molecular complexity index is 44.0. The quantitative estimate of drug-likeness (QED) is 0.209. The summed E-state index contributed by atoms with van der Waals surface area (Å²) in [4.78, 5) is 0. The van der Waals surface area contributed by atoms with Crippen molar-refractivity contribution in [3.8, 4) is 0 Å². The maximum Gasteiger partial charge on any atom is 4.00 e.